The van der Waals surface area contributed by atoms with Crippen molar-refractivity contribution in [2.75, 3.05) is 5.32 Å². The van der Waals surface area contributed by atoms with E-state index in [1.165, 1.54) is 0 Å². The number of carbonyl (C=O) groups is 1. The van der Waals surface area contributed by atoms with Crippen LogP contribution in [0.15, 0.2) is 18.2 Å². The van der Waals surface area contributed by atoms with Crippen LogP contribution in [0.4, 0.5) is 5.69 Å². The number of phenolic OH excluding ortho intramolecular Hbond substituents is 1. The van der Waals surface area contributed by atoms with E-state index in [-0.39, 0.29) is 11.7 Å². The molecule has 0 unspecified atom stereocenters. The average molecular weight is 207 g/mol. The van der Waals surface area contributed by atoms with E-state index < -0.39 is 0 Å². The second-order valence-electron chi connectivity index (χ2n) is 4.17. The highest BCUT2D eigenvalue weighted by Gasteiger charge is 2.07. The molecule has 1 rings (SSSR count). The minimum Gasteiger partial charge on any atom is -0.506 e. The van der Waals surface area contributed by atoms with Crippen LogP contribution in [0.2, 0.25) is 0 Å². The average Bonchev–Trinajstić information content (AvgIpc) is 2.08. The first-order valence-corrected chi connectivity index (χ1v) is 5.08. The number of phenols is 1. The van der Waals surface area contributed by atoms with Crippen molar-refractivity contribution >= 4 is 11.6 Å². The first-order chi connectivity index (χ1) is 6.99. The van der Waals surface area contributed by atoms with Crippen LogP contribution < -0.4 is 5.32 Å². The second kappa shape index (κ2) is 4.82. The molecule has 0 saturated heterocycles. The Hall–Kier alpha value is -1.51. The van der Waals surface area contributed by atoms with E-state index in [4.69, 9.17) is 0 Å². The predicted molar refractivity (Wildman–Crippen MR) is 60.9 cm³/mol. The fourth-order valence-corrected chi connectivity index (χ4v) is 1.32. The van der Waals surface area contributed by atoms with Gasteiger partial charge >= 0.3 is 0 Å². The molecule has 1 amide bonds. The summed E-state index contributed by atoms with van der Waals surface area (Å²) in [4.78, 5) is 11.4. The largest absolute Gasteiger partial charge is 0.506 e. The van der Waals surface area contributed by atoms with Crippen LogP contribution in [0.25, 0.3) is 0 Å². The number of aromatic hydroxyl groups is 1. The Labute approximate surface area is 90.1 Å². The summed E-state index contributed by atoms with van der Waals surface area (Å²) >= 11 is 0. The molecule has 0 fully saturated rings. The maximum absolute atomic E-state index is 11.4. The first-order valence-electron chi connectivity index (χ1n) is 5.08. The number of hydrogen-bond donors (Lipinski definition) is 2. The number of benzene rings is 1. The van der Waals surface area contributed by atoms with Gasteiger partial charge in [0.1, 0.15) is 5.75 Å². The van der Waals surface area contributed by atoms with Crippen LogP contribution in [0.5, 0.6) is 5.75 Å². The molecule has 0 bridgehead atoms. The lowest BCUT2D eigenvalue weighted by Gasteiger charge is -2.09. The molecule has 0 aliphatic rings. The Morgan fingerprint density at radius 1 is 1.47 bits per heavy atom. The fourth-order valence-electron chi connectivity index (χ4n) is 1.32. The molecule has 3 nitrogen and oxygen atoms in total. The molecule has 0 aliphatic carbocycles. The predicted octanol–water partition coefficient (Wildman–Crippen LogP) is 2.69. The molecule has 0 spiro atoms. The van der Waals surface area contributed by atoms with Crippen LogP contribution >= 0.6 is 0 Å². The number of nitrogens with one attached hydrogen (secondary N) is 1. The van der Waals surface area contributed by atoms with Crippen LogP contribution in [-0.2, 0) is 4.79 Å². The van der Waals surface area contributed by atoms with Crippen LogP contribution in [0.3, 0.4) is 0 Å². The molecule has 82 valence electrons. The standard InChI is InChI=1S/C12H17NO2/c1-8(2)6-12(15)13-10-5-4-9(3)7-11(10)14/h4-5,7-8,14H,6H2,1-3H3,(H,13,15). The molecule has 0 aliphatic heterocycles. The SMILES string of the molecule is Cc1ccc(NC(=O)CC(C)C)c(O)c1. The Bertz CT molecular complexity index is 359. The lowest BCUT2D eigenvalue weighted by molar-refractivity contribution is -0.116. The smallest absolute Gasteiger partial charge is 0.224 e. The third-order valence-corrected chi connectivity index (χ3v) is 2.02. The summed E-state index contributed by atoms with van der Waals surface area (Å²) in [6.07, 6.45) is 0.466. The summed E-state index contributed by atoms with van der Waals surface area (Å²) in [6.45, 7) is 5.85. The van der Waals surface area contributed by atoms with E-state index in [9.17, 15) is 9.90 Å². The summed E-state index contributed by atoms with van der Waals surface area (Å²) in [5.41, 5.74) is 1.45. The Morgan fingerprint density at radius 3 is 2.67 bits per heavy atom. The van der Waals surface area contributed by atoms with Gasteiger partial charge in [-0.2, -0.15) is 0 Å². The van der Waals surface area contributed by atoms with Crippen LogP contribution in [0.1, 0.15) is 25.8 Å². The molecule has 3 heteroatoms. The van der Waals surface area contributed by atoms with Gasteiger partial charge in [0.25, 0.3) is 0 Å². The second-order valence-corrected chi connectivity index (χ2v) is 4.17. The van der Waals surface area contributed by atoms with Gasteiger partial charge in [-0.15, -0.1) is 0 Å². The van der Waals surface area contributed by atoms with Crippen molar-refractivity contribution in [1.82, 2.24) is 0 Å². The summed E-state index contributed by atoms with van der Waals surface area (Å²) in [5, 5.41) is 12.2. The van der Waals surface area contributed by atoms with E-state index >= 15 is 0 Å². The molecule has 0 heterocycles. The minimum atomic E-state index is -0.0656. The van der Waals surface area contributed by atoms with Gasteiger partial charge in [-0.1, -0.05) is 19.9 Å². The zero-order chi connectivity index (χ0) is 11.4. The zero-order valence-corrected chi connectivity index (χ0v) is 9.37. The number of hydrogen-bond acceptors (Lipinski definition) is 2. The van der Waals surface area contributed by atoms with Gasteiger partial charge in [0.05, 0.1) is 5.69 Å². The van der Waals surface area contributed by atoms with Crippen molar-refractivity contribution in [2.24, 2.45) is 5.92 Å². The van der Waals surface area contributed by atoms with Crippen LogP contribution in [0, 0.1) is 12.8 Å². The van der Waals surface area contributed by atoms with Crippen molar-refractivity contribution < 1.29 is 9.90 Å². The van der Waals surface area contributed by atoms with E-state index in [0.717, 1.165) is 5.56 Å². The van der Waals surface area contributed by atoms with Crippen molar-refractivity contribution in [2.45, 2.75) is 27.2 Å². The normalized spacial score (nSPS) is 10.4. The lowest BCUT2D eigenvalue weighted by atomic mass is 10.1. The first kappa shape index (κ1) is 11.6. The topological polar surface area (TPSA) is 49.3 Å². The highest BCUT2D eigenvalue weighted by Crippen LogP contribution is 2.24. The molecule has 1 aromatic rings. The van der Waals surface area contributed by atoms with Crippen molar-refractivity contribution in [1.29, 1.82) is 0 Å². The molecule has 0 saturated carbocycles. The van der Waals surface area contributed by atoms with E-state index in [1.54, 1.807) is 12.1 Å². The lowest BCUT2D eigenvalue weighted by Crippen LogP contribution is -2.13. The minimum absolute atomic E-state index is 0.0656. The van der Waals surface area contributed by atoms with Crippen LogP contribution in [-0.4, -0.2) is 11.0 Å². The van der Waals surface area contributed by atoms with Crippen molar-refractivity contribution in [3.63, 3.8) is 0 Å². The summed E-state index contributed by atoms with van der Waals surface area (Å²) in [5.74, 6) is 0.369. The zero-order valence-electron chi connectivity index (χ0n) is 9.37. The van der Waals surface area contributed by atoms with Gasteiger partial charge < -0.3 is 10.4 Å². The summed E-state index contributed by atoms with van der Waals surface area (Å²) in [7, 11) is 0. The highest BCUT2D eigenvalue weighted by atomic mass is 16.3. The van der Waals surface area contributed by atoms with Crippen molar-refractivity contribution in [3.8, 4) is 5.75 Å². The van der Waals surface area contributed by atoms with Gasteiger partial charge in [0.15, 0.2) is 0 Å². The quantitative estimate of drug-likeness (QED) is 0.749. The van der Waals surface area contributed by atoms with Gasteiger partial charge in [-0.05, 0) is 30.5 Å². The van der Waals surface area contributed by atoms with E-state index in [1.807, 2.05) is 26.8 Å². The maximum Gasteiger partial charge on any atom is 0.224 e. The molecule has 0 radical (unpaired) electrons. The van der Waals surface area contributed by atoms with Gasteiger partial charge in [-0.3, -0.25) is 4.79 Å². The van der Waals surface area contributed by atoms with E-state index in [2.05, 4.69) is 5.32 Å². The molecular weight excluding hydrogens is 190 g/mol. The fraction of sp³-hybridized carbons (Fsp3) is 0.417. The summed E-state index contributed by atoms with van der Waals surface area (Å²) < 4.78 is 0. The van der Waals surface area contributed by atoms with E-state index in [0.29, 0.717) is 18.0 Å². The molecular formula is C12H17NO2. The van der Waals surface area contributed by atoms with Gasteiger partial charge in [0, 0.05) is 6.42 Å². The number of amides is 1. The van der Waals surface area contributed by atoms with Gasteiger partial charge in [0.2, 0.25) is 5.91 Å². The maximum atomic E-state index is 11.4. The van der Waals surface area contributed by atoms with Crippen molar-refractivity contribution in [3.05, 3.63) is 23.8 Å². The molecule has 0 atom stereocenters. The molecule has 15 heavy (non-hydrogen) atoms. The molecule has 0 aromatic heterocycles. The number of carbonyl (C=O) groups excluding carboxylic acids is 1. The number of aryl methyl sites for hydroxylation is 1. The Morgan fingerprint density at radius 2 is 2.13 bits per heavy atom. The monoisotopic (exact) mass is 207 g/mol. The highest BCUT2D eigenvalue weighted by molar-refractivity contribution is 5.92. The number of anilines is 1. The van der Waals surface area contributed by atoms with Gasteiger partial charge in [-0.25, -0.2) is 0 Å². The molecule has 2 N–H and O–H groups in total. The number of rotatable bonds is 3. The summed E-state index contributed by atoms with van der Waals surface area (Å²) in [6, 6.07) is 5.19. The third kappa shape index (κ3) is 3.62. The third-order valence-electron chi connectivity index (χ3n) is 2.02. The Kier molecular flexibility index (Phi) is 3.72. The Balaban J connectivity index is 2.68. The molecule has 1 aromatic carbocycles.